The highest BCUT2D eigenvalue weighted by Crippen LogP contribution is 2.25. The molecule has 0 spiro atoms. The number of halogens is 1. The molecule has 1 amide bonds. The van der Waals surface area contributed by atoms with Crippen LogP contribution in [0.3, 0.4) is 0 Å². The number of carbonyl (C=O) groups is 1. The molecule has 28 heavy (non-hydrogen) atoms. The Bertz CT molecular complexity index is 1100. The summed E-state index contributed by atoms with van der Waals surface area (Å²) in [5.41, 5.74) is 0.953. The molecule has 140 valence electrons. The van der Waals surface area contributed by atoms with E-state index in [1.807, 2.05) is 0 Å². The third-order valence-corrected chi connectivity index (χ3v) is 4.63. The molecule has 3 aromatic heterocycles. The summed E-state index contributed by atoms with van der Waals surface area (Å²) in [4.78, 5) is 20.9. The van der Waals surface area contributed by atoms with Gasteiger partial charge in [-0.2, -0.15) is 0 Å². The Morgan fingerprint density at radius 1 is 1.21 bits per heavy atom. The number of nitrogens with zero attached hydrogens (tertiary/aromatic N) is 2. The van der Waals surface area contributed by atoms with Crippen molar-refractivity contribution < 1.29 is 18.3 Å². The molecule has 0 aliphatic carbocycles. The lowest BCUT2D eigenvalue weighted by Crippen LogP contribution is -2.23. The van der Waals surface area contributed by atoms with Gasteiger partial charge in [-0.3, -0.25) is 4.79 Å². The number of carbonyl (C=O) groups excluding carboxylic acids is 1. The van der Waals surface area contributed by atoms with Crippen molar-refractivity contribution in [3.05, 3.63) is 83.4 Å². The number of amides is 1. The van der Waals surface area contributed by atoms with E-state index in [1.54, 1.807) is 54.2 Å². The number of nitrogens with one attached hydrogen (secondary N) is 1. The lowest BCUT2D eigenvalue weighted by atomic mass is 10.2. The number of pyridine rings is 1. The summed E-state index contributed by atoms with van der Waals surface area (Å²) in [7, 11) is 0. The molecule has 0 unspecified atom stereocenters. The number of hydrogen-bond acceptors (Lipinski definition) is 6. The summed E-state index contributed by atoms with van der Waals surface area (Å²) >= 11 is 1.33. The SMILES string of the molecule is O=C(NCc1cccnc1Oc1cccc(F)c1)c1csc(-c2ccco2)n1. The maximum atomic E-state index is 13.3. The number of aromatic nitrogens is 2. The predicted molar refractivity (Wildman–Crippen MR) is 102 cm³/mol. The van der Waals surface area contributed by atoms with Gasteiger partial charge in [-0.1, -0.05) is 12.1 Å². The number of rotatable bonds is 6. The second-order valence-corrected chi connectivity index (χ2v) is 6.58. The van der Waals surface area contributed by atoms with Crippen LogP contribution in [0.4, 0.5) is 4.39 Å². The molecule has 0 aliphatic rings. The first kappa shape index (κ1) is 17.9. The number of furan rings is 1. The molecule has 1 aromatic carbocycles. The summed E-state index contributed by atoms with van der Waals surface area (Å²) in [5.74, 6) is 0.507. The number of hydrogen-bond donors (Lipinski definition) is 1. The van der Waals surface area contributed by atoms with Crippen LogP contribution >= 0.6 is 11.3 Å². The molecule has 0 aliphatic heterocycles. The van der Waals surface area contributed by atoms with Crippen LogP contribution in [0, 0.1) is 5.82 Å². The van der Waals surface area contributed by atoms with Crippen LogP contribution in [0.25, 0.3) is 10.8 Å². The summed E-state index contributed by atoms with van der Waals surface area (Å²) < 4.78 is 24.3. The van der Waals surface area contributed by atoms with Gasteiger partial charge in [0.05, 0.1) is 6.26 Å². The van der Waals surface area contributed by atoms with Gasteiger partial charge in [-0.15, -0.1) is 11.3 Å². The third-order valence-electron chi connectivity index (χ3n) is 3.77. The summed E-state index contributed by atoms with van der Waals surface area (Å²) in [6.45, 7) is 0.185. The zero-order valence-corrected chi connectivity index (χ0v) is 15.3. The van der Waals surface area contributed by atoms with Gasteiger partial charge in [-0.25, -0.2) is 14.4 Å². The highest BCUT2D eigenvalue weighted by atomic mass is 32.1. The zero-order chi connectivity index (χ0) is 19.3. The van der Waals surface area contributed by atoms with Gasteiger partial charge in [0.2, 0.25) is 5.88 Å². The molecule has 8 heteroatoms. The lowest BCUT2D eigenvalue weighted by molar-refractivity contribution is 0.0946. The highest BCUT2D eigenvalue weighted by molar-refractivity contribution is 7.13. The summed E-state index contributed by atoms with van der Waals surface area (Å²) in [6.07, 6.45) is 3.12. The highest BCUT2D eigenvalue weighted by Gasteiger charge is 2.14. The molecule has 6 nitrogen and oxygen atoms in total. The fourth-order valence-electron chi connectivity index (χ4n) is 2.45. The normalized spacial score (nSPS) is 10.6. The number of benzene rings is 1. The van der Waals surface area contributed by atoms with Gasteiger partial charge in [0.1, 0.15) is 17.3 Å². The van der Waals surface area contributed by atoms with Crippen LogP contribution < -0.4 is 10.1 Å². The molecule has 0 atom stereocenters. The molecule has 0 fully saturated rings. The van der Waals surface area contributed by atoms with Gasteiger partial charge < -0.3 is 14.5 Å². The average Bonchev–Trinajstić information content (AvgIpc) is 3.39. The summed E-state index contributed by atoms with van der Waals surface area (Å²) in [6, 6.07) is 12.8. The molecular weight excluding hydrogens is 381 g/mol. The van der Waals surface area contributed by atoms with E-state index in [0.717, 1.165) is 0 Å². The average molecular weight is 395 g/mol. The van der Waals surface area contributed by atoms with Crippen LogP contribution in [0.2, 0.25) is 0 Å². The first-order valence-electron chi connectivity index (χ1n) is 8.34. The van der Waals surface area contributed by atoms with Crippen molar-refractivity contribution in [3.8, 4) is 22.4 Å². The molecule has 4 aromatic rings. The smallest absolute Gasteiger partial charge is 0.271 e. The van der Waals surface area contributed by atoms with Crippen molar-refractivity contribution in [2.24, 2.45) is 0 Å². The number of thiazole rings is 1. The first-order valence-corrected chi connectivity index (χ1v) is 9.22. The van der Waals surface area contributed by atoms with Crippen molar-refractivity contribution in [2.75, 3.05) is 0 Å². The van der Waals surface area contributed by atoms with Crippen molar-refractivity contribution in [3.63, 3.8) is 0 Å². The number of ether oxygens (including phenoxy) is 1. The van der Waals surface area contributed by atoms with Crippen molar-refractivity contribution in [1.29, 1.82) is 0 Å². The maximum absolute atomic E-state index is 13.3. The van der Waals surface area contributed by atoms with E-state index >= 15 is 0 Å². The van der Waals surface area contributed by atoms with Gasteiger partial charge in [-0.05, 0) is 30.3 Å². The largest absolute Gasteiger partial charge is 0.462 e. The Balaban J connectivity index is 1.44. The molecular formula is C20H14FN3O3S. The van der Waals surface area contributed by atoms with E-state index < -0.39 is 5.82 Å². The van der Waals surface area contributed by atoms with Gasteiger partial charge in [0.15, 0.2) is 10.8 Å². The fraction of sp³-hybridized carbons (Fsp3) is 0.0500. The Labute approximate surface area is 163 Å². The summed E-state index contributed by atoms with van der Waals surface area (Å²) in [5, 5.41) is 5.09. The maximum Gasteiger partial charge on any atom is 0.271 e. The van der Waals surface area contributed by atoms with E-state index in [1.165, 1.54) is 23.5 Å². The molecule has 0 saturated carbocycles. The van der Waals surface area contributed by atoms with Gasteiger partial charge >= 0.3 is 0 Å². The van der Waals surface area contributed by atoms with E-state index in [4.69, 9.17) is 9.15 Å². The minimum atomic E-state index is -0.404. The predicted octanol–water partition coefficient (Wildman–Crippen LogP) is 4.66. The van der Waals surface area contributed by atoms with E-state index in [-0.39, 0.29) is 12.5 Å². The quantitative estimate of drug-likeness (QED) is 0.514. The zero-order valence-electron chi connectivity index (χ0n) is 14.5. The van der Waals surface area contributed by atoms with Crippen LogP contribution in [0.15, 0.2) is 70.8 Å². The van der Waals surface area contributed by atoms with Crippen LogP contribution in [0.1, 0.15) is 16.1 Å². The first-order chi connectivity index (χ1) is 13.7. The second-order valence-electron chi connectivity index (χ2n) is 5.72. The second kappa shape index (κ2) is 8.01. The van der Waals surface area contributed by atoms with E-state index in [2.05, 4.69) is 15.3 Å². The molecule has 1 N–H and O–H groups in total. The molecule has 4 rings (SSSR count). The Kier molecular flexibility index (Phi) is 5.11. The molecule has 0 radical (unpaired) electrons. The van der Waals surface area contributed by atoms with E-state index in [9.17, 15) is 9.18 Å². The molecule has 0 saturated heterocycles. The topological polar surface area (TPSA) is 77.2 Å². The fourth-order valence-corrected chi connectivity index (χ4v) is 3.22. The van der Waals surface area contributed by atoms with Crippen LogP contribution in [-0.4, -0.2) is 15.9 Å². The Morgan fingerprint density at radius 3 is 2.96 bits per heavy atom. The molecule has 3 heterocycles. The van der Waals surface area contributed by atoms with E-state index in [0.29, 0.717) is 33.7 Å². The van der Waals surface area contributed by atoms with Crippen molar-refractivity contribution >= 4 is 17.2 Å². The Morgan fingerprint density at radius 2 is 2.14 bits per heavy atom. The van der Waals surface area contributed by atoms with Crippen molar-refractivity contribution in [1.82, 2.24) is 15.3 Å². The van der Waals surface area contributed by atoms with Crippen LogP contribution in [-0.2, 0) is 6.54 Å². The standard InChI is InChI=1S/C20H14FN3O3S/c21-14-5-1-6-15(10-14)27-19-13(4-2-8-22-19)11-23-18(25)16-12-28-20(24-16)17-7-3-9-26-17/h1-10,12H,11H2,(H,23,25). The molecule has 0 bridgehead atoms. The third kappa shape index (κ3) is 4.07. The van der Waals surface area contributed by atoms with Gasteiger partial charge in [0, 0.05) is 29.8 Å². The Hall–Kier alpha value is -3.52. The monoisotopic (exact) mass is 395 g/mol. The van der Waals surface area contributed by atoms with Gasteiger partial charge in [0.25, 0.3) is 5.91 Å². The van der Waals surface area contributed by atoms with Crippen molar-refractivity contribution in [2.45, 2.75) is 6.54 Å². The van der Waals surface area contributed by atoms with Crippen LogP contribution in [0.5, 0.6) is 11.6 Å². The lowest BCUT2D eigenvalue weighted by Gasteiger charge is -2.10. The minimum absolute atomic E-state index is 0.185. The minimum Gasteiger partial charge on any atom is -0.462 e.